The van der Waals surface area contributed by atoms with E-state index < -0.39 is 17.9 Å². The van der Waals surface area contributed by atoms with Gasteiger partial charge in [-0.2, -0.15) is 0 Å². The Morgan fingerprint density at radius 2 is 1.76 bits per heavy atom. The standard InChI is InChI=1S/C25H24Cl2N2O5/c1-14(2)24-18(23(29-34-24)22-19(26)5-4-6-20(22)27)13-33-17-10-7-16(8-11-17)9-12-21(30)28-15(3)25(31)32/h4-12,14-15H,13H2,1-3H3,(H,28,30)(H,31,32)/b12-9+/t15-/m1/s1. The molecule has 3 aromatic rings. The van der Waals surface area contributed by atoms with Gasteiger partial charge in [-0.3, -0.25) is 9.59 Å². The molecule has 1 aromatic heterocycles. The zero-order valence-electron chi connectivity index (χ0n) is 18.8. The Morgan fingerprint density at radius 3 is 2.35 bits per heavy atom. The summed E-state index contributed by atoms with van der Waals surface area (Å²) < 4.78 is 11.6. The predicted molar refractivity (Wildman–Crippen MR) is 131 cm³/mol. The third kappa shape index (κ3) is 6.18. The number of amides is 1. The molecular formula is C25H24Cl2N2O5. The number of carbonyl (C=O) groups is 2. The summed E-state index contributed by atoms with van der Waals surface area (Å²) in [6.45, 7) is 5.58. The van der Waals surface area contributed by atoms with E-state index in [9.17, 15) is 9.59 Å². The fourth-order valence-corrected chi connectivity index (χ4v) is 3.74. The Bertz CT molecular complexity index is 1180. The number of carboxylic acid groups (broad SMARTS) is 1. The van der Waals surface area contributed by atoms with Crippen LogP contribution in [0.1, 0.15) is 43.6 Å². The maximum absolute atomic E-state index is 11.8. The minimum atomic E-state index is -1.10. The number of nitrogens with one attached hydrogen (secondary N) is 1. The van der Waals surface area contributed by atoms with Crippen molar-refractivity contribution in [2.24, 2.45) is 0 Å². The van der Waals surface area contributed by atoms with Crippen molar-refractivity contribution in [2.45, 2.75) is 39.3 Å². The minimum Gasteiger partial charge on any atom is -0.489 e. The molecule has 0 fully saturated rings. The highest BCUT2D eigenvalue weighted by Gasteiger charge is 2.23. The largest absolute Gasteiger partial charge is 0.489 e. The Labute approximate surface area is 207 Å². The van der Waals surface area contributed by atoms with Gasteiger partial charge in [-0.15, -0.1) is 0 Å². The number of carboxylic acids is 1. The van der Waals surface area contributed by atoms with Crippen molar-refractivity contribution >= 4 is 41.2 Å². The summed E-state index contributed by atoms with van der Waals surface area (Å²) in [5, 5.41) is 16.4. The zero-order chi connectivity index (χ0) is 24.8. The summed E-state index contributed by atoms with van der Waals surface area (Å²) in [6, 6.07) is 11.4. The average Bonchev–Trinajstić information content (AvgIpc) is 3.20. The van der Waals surface area contributed by atoms with E-state index in [0.29, 0.717) is 32.8 Å². The van der Waals surface area contributed by atoms with E-state index in [2.05, 4.69) is 10.5 Å². The van der Waals surface area contributed by atoms with Crippen LogP contribution in [-0.2, 0) is 16.2 Å². The van der Waals surface area contributed by atoms with Gasteiger partial charge in [0.25, 0.3) is 0 Å². The fraction of sp³-hybridized carbons (Fsp3) is 0.240. The van der Waals surface area contributed by atoms with Crippen LogP contribution < -0.4 is 10.1 Å². The number of carbonyl (C=O) groups excluding carboxylic acids is 1. The molecule has 1 heterocycles. The molecule has 2 N–H and O–H groups in total. The number of aliphatic carboxylic acids is 1. The van der Waals surface area contributed by atoms with Crippen LogP contribution in [-0.4, -0.2) is 28.2 Å². The second-order valence-electron chi connectivity index (χ2n) is 7.88. The van der Waals surface area contributed by atoms with Crippen molar-refractivity contribution in [3.05, 3.63) is 75.5 Å². The Balaban J connectivity index is 1.74. The first-order valence-electron chi connectivity index (χ1n) is 10.5. The molecule has 0 radical (unpaired) electrons. The van der Waals surface area contributed by atoms with Gasteiger partial charge in [0.15, 0.2) is 0 Å². The number of hydrogen-bond donors (Lipinski definition) is 2. The van der Waals surface area contributed by atoms with Crippen LogP contribution in [0, 0.1) is 0 Å². The molecule has 0 aliphatic heterocycles. The number of halogens is 2. The van der Waals surface area contributed by atoms with Crippen molar-refractivity contribution in [3.8, 4) is 17.0 Å². The summed E-state index contributed by atoms with van der Waals surface area (Å²) in [5.41, 5.74) is 2.65. The molecule has 3 rings (SSSR count). The third-order valence-corrected chi connectivity index (χ3v) is 5.59. The molecule has 1 amide bonds. The summed E-state index contributed by atoms with van der Waals surface area (Å²) >= 11 is 12.8. The highest BCUT2D eigenvalue weighted by atomic mass is 35.5. The van der Waals surface area contributed by atoms with Crippen LogP contribution in [0.3, 0.4) is 0 Å². The van der Waals surface area contributed by atoms with E-state index in [0.717, 1.165) is 11.1 Å². The van der Waals surface area contributed by atoms with E-state index >= 15 is 0 Å². The molecule has 0 saturated carbocycles. The van der Waals surface area contributed by atoms with Gasteiger partial charge < -0.3 is 19.7 Å². The van der Waals surface area contributed by atoms with Gasteiger partial charge in [0.1, 0.15) is 29.9 Å². The summed E-state index contributed by atoms with van der Waals surface area (Å²) in [5.74, 6) is -0.227. The monoisotopic (exact) mass is 502 g/mol. The minimum absolute atomic E-state index is 0.0728. The number of nitrogens with zero attached hydrogens (tertiary/aromatic N) is 1. The Kier molecular flexibility index (Phi) is 8.36. The maximum Gasteiger partial charge on any atom is 0.325 e. The van der Waals surface area contributed by atoms with E-state index in [1.54, 1.807) is 48.5 Å². The van der Waals surface area contributed by atoms with Gasteiger partial charge in [-0.25, -0.2) is 0 Å². The number of ether oxygens (including phenoxy) is 1. The Morgan fingerprint density at radius 1 is 1.12 bits per heavy atom. The van der Waals surface area contributed by atoms with Crippen LogP contribution in [0.25, 0.3) is 17.3 Å². The predicted octanol–water partition coefficient (Wildman–Crippen LogP) is 5.95. The highest BCUT2D eigenvalue weighted by molar-refractivity contribution is 6.39. The third-order valence-electron chi connectivity index (χ3n) is 4.96. The smallest absolute Gasteiger partial charge is 0.325 e. The second kappa shape index (κ2) is 11.2. The normalized spacial score (nSPS) is 12.2. The van der Waals surface area contributed by atoms with E-state index in [1.165, 1.54) is 13.0 Å². The first-order valence-corrected chi connectivity index (χ1v) is 11.3. The van der Waals surface area contributed by atoms with Gasteiger partial charge in [0.05, 0.1) is 15.6 Å². The first kappa shape index (κ1) is 25.3. The molecule has 178 valence electrons. The van der Waals surface area contributed by atoms with Gasteiger partial charge >= 0.3 is 5.97 Å². The molecule has 2 aromatic carbocycles. The summed E-state index contributed by atoms with van der Waals surface area (Å²) in [6.07, 6.45) is 2.86. The number of hydrogen-bond acceptors (Lipinski definition) is 5. The van der Waals surface area contributed by atoms with Crippen LogP contribution in [0.2, 0.25) is 10.0 Å². The lowest BCUT2D eigenvalue weighted by Gasteiger charge is -2.11. The molecule has 7 nitrogen and oxygen atoms in total. The van der Waals surface area contributed by atoms with E-state index in [1.807, 2.05) is 13.8 Å². The topological polar surface area (TPSA) is 102 Å². The zero-order valence-corrected chi connectivity index (χ0v) is 20.4. The molecule has 1 atom stereocenters. The van der Waals surface area contributed by atoms with Gasteiger partial charge in [0.2, 0.25) is 5.91 Å². The number of benzene rings is 2. The summed E-state index contributed by atoms with van der Waals surface area (Å²) in [4.78, 5) is 22.6. The quantitative estimate of drug-likeness (QED) is 0.350. The second-order valence-corrected chi connectivity index (χ2v) is 8.70. The van der Waals surface area contributed by atoms with Crippen molar-refractivity contribution < 1.29 is 24.0 Å². The fourth-order valence-electron chi connectivity index (χ4n) is 3.16. The summed E-state index contributed by atoms with van der Waals surface area (Å²) in [7, 11) is 0. The van der Waals surface area contributed by atoms with Gasteiger partial charge in [0, 0.05) is 17.6 Å². The van der Waals surface area contributed by atoms with Gasteiger partial charge in [-0.05, 0) is 42.8 Å². The molecule has 0 spiro atoms. The lowest BCUT2D eigenvalue weighted by atomic mass is 10.0. The lowest BCUT2D eigenvalue weighted by molar-refractivity contribution is -0.140. The maximum atomic E-state index is 11.8. The number of rotatable bonds is 9. The van der Waals surface area contributed by atoms with Crippen LogP contribution in [0.15, 0.2) is 53.1 Å². The van der Waals surface area contributed by atoms with Crippen LogP contribution in [0.4, 0.5) is 0 Å². The average molecular weight is 503 g/mol. The van der Waals surface area contributed by atoms with Crippen molar-refractivity contribution in [2.75, 3.05) is 0 Å². The Hall–Kier alpha value is -3.29. The molecule has 0 aliphatic rings. The van der Waals surface area contributed by atoms with Crippen LogP contribution in [0.5, 0.6) is 5.75 Å². The first-order chi connectivity index (χ1) is 16.2. The van der Waals surface area contributed by atoms with Crippen LogP contribution >= 0.6 is 23.2 Å². The van der Waals surface area contributed by atoms with Crippen molar-refractivity contribution in [3.63, 3.8) is 0 Å². The van der Waals surface area contributed by atoms with Crippen molar-refractivity contribution in [1.82, 2.24) is 10.5 Å². The van der Waals surface area contributed by atoms with E-state index in [-0.39, 0.29) is 12.5 Å². The lowest BCUT2D eigenvalue weighted by Crippen LogP contribution is -2.37. The van der Waals surface area contributed by atoms with Gasteiger partial charge in [-0.1, -0.05) is 60.4 Å². The molecular weight excluding hydrogens is 479 g/mol. The van der Waals surface area contributed by atoms with E-state index in [4.69, 9.17) is 37.6 Å². The highest BCUT2D eigenvalue weighted by Crippen LogP contribution is 2.38. The molecule has 0 aliphatic carbocycles. The molecule has 0 bridgehead atoms. The van der Waals surface area contributed by atoms with Crippen molar-refractivity contribution in [1.29, 1.82) is 0 Å². The number of aromatic nitrogens is 1. The molecule has 34 heavy (non-hydrogen) atoms. The molecule has 0 saturated heterocycles. The molecule has 0 unspecified atom stereocenters. The molecule has 9 heteroatoms. The SMILES string of the molecule is CC(C)c1onc(-c2c(Cl)cccc2Cl)c1COc1ccc(/C=C/C(=O)N[C@H](C)C(=O)O)cc1.